The van der Waals surface area contributed by atoms with Crippen LogP contribution >= 0.6 is 11.3 Å². The Labute approximate surface area is 198 Å². The molecule has 10 nitrogen and oxygen atoms in total. The predicted molar refractivity (Wildman–Crippen MR) is 121 cm³/mol. The highest BCUT2D eigenvalue weighted by Crippen LogP contribution is 2.43. The van der Waals surface area contributed by atoms with Gasteiger partial charge in [0.1, 0.15) is 5.82 Å². The van der Waals surface area contributed by atoms with Crippen molar-refractivity contribution in [1.82, 2.24) is 20.4 Å². The number of rotatable bonds is 5. The Morgan fingerprint density at radius 3 is 2.85 bits per heavy atom. The summed E-state index contributed by atoms with van der Waals surface area (Å²) in [6, 6.07) is 5.94. The zero-order valence-electron chi connectivity index (χ0n) is 18.1. The van der Waals surface area contributed by atoms with E-state index in [0.29, 0.717) is 42.2 Å². The van der Waals surface area contributed by atoms with Crippen LogP contribution in [0.15, 0.2) is 28.8 Å². The maximum absolute atomic E-state index is 13.3. The molecule has 2 bridgehead atoms. The zero-order valence-corrected chi connectivity index (χ0v) is 18.9. The lowest BCUT2D eigenvalue weighted by molar-refractivity contribution is 0.0570. The number of benzene rings is 1. The van der Waals surface area contributed by atoms with Crippen LogP contribution in [0.2, 0.25) is 0 Å². The van der Waals surface area contributed by atoms with Crippen molar-refractivity contribution in [3.63, 3.8) is 0 Å². The van der Waals surface area contributed by atoms with E-state index in [9.17, 15) is 9.18 Å². The molecule has 1 saturated carbocycles. The first-order chi connectivity index (χ1) is 16.6. The van der Waals surface area contributed by atoms with Crippen molar-refractivity contribution in [2.75, 3.05) is 30.0 Å². The molecular weight excluding hydrogens is 463 g/mol. The Kier molecular flexibility index (Phi) is 5.42. The Bertz CT molecular complexity index is 1190. The number of halogens is 1. The lowest BCUT2D eigenvalue weighted by Crippen LogP contribution is -2.51. The number of anilines is 2. The van der Waals surface area contributed by atoms with Gasteiger partial charge in [-0.3, -0.25) is 5.32 Å². The molecule has 2 amide bonds. The lowest BCUT2D eigenvalue weighted by atomic mass is 9.81. The molecule has 2 aromatic heterocycles. The SMILES string of the molecule is O=C(Nc1nc2c(s1)C1COCC(C2)N1c1nc(-c2ccc(F)cc2)no1)N[C@H]1C[C@H](CO)C1. The highest BCUT2D eigenvalue weighted by Gasteiger charge is 2.43. The number of hydrogen-bond acceptors (Lipinski definition) is 9. The maximum atomic E-state index is 13.3. The van der Waals surface area contributed by atoms with Crippen molar-refractivity contribution in [1.29, 1.82) is 0 Å². The summed E-state index contributed by atoms with van der Waals surface area (Å²) in [7, 11) is 0. The quantitative estimate of drug-likeness (QED) is 0.503. The van der Waals surface area contributed by atoms with Crippen LogP contribution < -0.4 is 15.5 Å². The van der Waals surface area contributed by atoms with Crippen LogP contribution in [-0.4, -0.2) is 58.2 Å². The van der Waals surface area contributed by atoms with Crippen LogP contribution in [0.1, 0.15) is 29.5 Å². The summed E-state index contributed by atoms with van der Waals surface area (Å²) in [5, 5.41) is 19.5. The molecule has 6 rings (SSSR count). The van der Waals surface area contributed by atoms with Gasteiger partial charge >= 0.3 is 12.0 Å². The van der Waals surface area contributed by atoms with Crippen LogP contribution in [0.4, 0.5) is 20.3 Å². The van der Waals surface area contributed by atoms with Gasteiger partial charge in [-0.1, -0.05) is 16.5 Å². The van der Waals surface area contributed by atoms with Gasteiger partial charge in [0.2, 0.25) is 5.82 Å². The van der Waals surface area contributed by atoms with Gasteiger partial charge in [0.15, 0.2) is 5.13 Å². The molecule has 0 radical (unpaired) electrons. The second-order valence-corrected chi connectivity index (χ2v) is 9.90. The molecule has 178 valence electrons. The minimum absolute atomic E-state index is 0.0260. The minimum Gasteiger partial charge on any atom is -0.396 e. The van der Waals surface area contributed by atoms with E-state index in [1.54, 1.807) is 12.1 Å². The van der Waals surface area contributed by atoms with E-state index >= 15 is 0 Å². The number of aliphatic hydroxyl groups is 1. The molecular formula is C22H23FN6O4S. The Morgan fingerprint density at radius 2 is 2.06 bits per heavy atom. The summed E-state index contributed by atoms with van der Waals surface area (Å²) in [6.45, 7) is 1.10. The van der Waals surface area contributed by atoms with E-state index in [2.05, 4.69) is 30.7 Å². The highest BCUT2D eigenvalue weighted by molar-refractivity contribution is 7.16. The summed E-state index contributed by atoms with van der Waals surface area (Å²) < 4.78 is 24.7. The average Bonchev–Trinajstić information content (AvgIpc) is 3.43. The molecule has 3 aromatic rings. The molecule has 12 heteroatoms. The van der Waals surface area contributed by atoms with E-state index < -0.39 is 0 Å². The predicted octanol–water partition coefficient (Wildman–Crippen LogP) is 2.73. The van der Waals surface area contributed by atoms with Crippen LogP contribution in [0, 0.1) is 11.7 Å². The van der Waals surface area contributed by atoms with Gasteiger partial charge in [0.05, 0.1) is 35.9 Å². The normalized spacial score (nSPS) is 25.4. The van der Waals surface area contributed by atoms with Crippen molar-refractivity contribution in [3.05, 3.63) is 40.7 Å². The maximum Gasteiger partial charge on any atom is 0.325 e. The molecule has 1 saturated heterocycles. The Morgan fingerprint density at radius 1 is 1.24 bits per heavy atom. The van der Waals surface area contributed by atoms with Gasteiger partial charge < -0.3 is 24.6 Å². The molecule has 2 aliphatic heterocycles. The third-order valence-corrected chi connectivity index (χ3v) is 7.68. The fourth-order valence-corrected chi connectivity index (χ4v) is 5.86. The number of aliphatic hydroxyl groups excluding tert-OH is 1. The standard InChI is InChI=1S/C22H23FN6O4S/c23-13-3-1-12(2-4-13)19-26-22(33-28-19)29-15-7-16-18(17(29)10-32-9-15)34-21(25-16)27-20(31)24-14-5-11(6-14)8-30/h1-4,11,14-15,17,30H,5-10H2,(H2,24,25,27,31)/t11-,14-,15?,17?. The van der Waals surface area contributed by atoms with Crippen molar-refractivity contribution in [2.45, 2.75) is 37.4 Å². The fraction of sp³-hybridized carbons (Fsp3) is 0.455. The first-order valence-corrected chi connectivity index (χ1v) is 12.0. The van der Waals surface area contributed by atoms with Gasteiger partial charge in [0.25, 0.3) is 0 Å². The molecule has 1 aliphatic carbocycles. The van der Waals surface area contributed by atoms with Gasteiger partial charge in [0, 0.05) is 24.6 Å². The van der Waals surface area contributed by atoms with Gasteiger partial charge in [-0.05, 0) is 43.0 Å². The second-order valence-electron chi connectivity index (χ2n) is 8.87. The largest absolute Gasteiger partial charge is 0.396 e. The van der Waals surface area contributed by atoms with E-state index in [4.69, 9.17) is 14.4 Å². The van der Waals surface area contributed by atoms with Crippen molar-refractivity contribution < 1.29 is 23.6 Å². The topological polar surface area (TPSA) is 126 Å². The summed E-state index contributed by atoms with van der Waals surface area (Å²) in [5.41, 5.74) is 1.61. The highest BCUT2D eigenvalue weighted by atomic mass is 32.1. The number of thiazole rings is 1. The smallest absolute Gasteiger partial charge is 0.325 e. The number of morpholine rings is 1. The summed E-state index contributed by atoms with van der Waals surface area (Å²) in [4.78, 5) is 24.7. The Balaban J connectivity index is 1.19. The first kappa shape index (κ1) is 21.4. The van der Waals surface area contributed by atoms with Crippen LogP contribution in [0.3, 0.4) is 0 Å². The third kappa shape index (κ3) is 3.91. The monoisotopic (exact) mass is 486 g/mol. The molecule has 1 aromatic carbocycles. The van der Waals surface area contributed by atoms with E-state index in [1.165, 1.54) is 23.5 Å². The number of amides is 2. The number of fused-ring (bicyclic) bond motifs is 4. The molecule has 0 spiro atoms. The minimum atomic E-state index is -0.326. The second kappa shape index (κ2) is 8.60. The number of carbonyl (C=O) groups excluding carboxylic acids is 1. The Hall–Kier alpha value is -3.09. The summed E-state index contributed by atoms with van der Waals surface area (Å²) in [6.07, 6.45) is 2.21. The lowest BCUT2D eigenvalue weighted by Gasteiger charge is -2.43. The summed E-state index contributed by atoms with van der Waals surface area (Å²) >= 11 is 1.42. The van der Waals surface area contributed by atoms with Crippen molar-refractivity contribution in [3.8, 4) is 11.4 Å². The number of nitrogens with one attached hydrogen (secondary N) is 2. The van der Waals surface area contributed by atoms with Crippen LogP contribution in [-0.2, 0) is 11.2 Å². The van der Waals surface area contributed by atoms with Crippen molar-refractivity contribution in [2.24, 2.45) is 5.92 Å². The fourth-order valence-electron chi connectivity index (χ4n) is 4.78. The molecule has 3 N–H and O–H groups in total. The number of nitrogens with zero attached hydrogens (tertiary/aromatic N) is 4. The van der Waals surface area contributed by atoms with E-state index in [-0.39, 0.29) is 42.5 Å². The average molecular weight is 487 g/mol. The third-order valence-electron chi connectivity index (χ3n) is 6.56. The number of hydrogen-bond donors (Lipinski definition) is 3. The molecule has 4 heterocycles. The number of ether oxygens (including phenoxy) is 1. The van der Waals surface area contributed by atoms with Gasteiger partial charge in [-0.2, -0.15) is 4.98 Å². The number of carbonyl (C=O) groups is 1. The summed E-state index contributed by atoms with van der Waals surface area (Å²) in [5.74, 6) is 0.339. The molecule has 2 atom stereocenters. The molecule has 34 heavy (non-hydrogen) atoms. The number of urea groups is 1. The van der Waals surface area contributed by atoms with Crippen LogP contribution in [0.5, 0.6) is 0 Å². The van der Waals surface area contributed by atoms with E-state index in [1.807, 2.05) is 0 Å². The first-order valence-electron chi connectivity index (χ1n) is 11.2. The van der Waals surface area contributed by atoms with Gasteiger partial charge in [-0.25, -0.2) is 14.2 Å². The molecule has 2 fully saturated rings. The van der Waals surface area contributed by atoms with Crippen molar-refractivity contribution >= 4 is 28.5 Å². The number of aromatic nitrogens is 3. The zero-order chi connectivity index (χ0) is 23.2. The van der Waals surface area contributed by atoms with Gasteiger partial charge in [-0.15, -0.1) is 0 Å². The molecule has 2 unspecified atom stereocenters. The van der Waals surface area contributed by atoms with Crippen LogP contribution in [0.25, 0.3) is 11.4 Å². The van der Waals surface area contributed by atoms with E-state index in [0.717, 1.165) is 23.4 Å². The molecule has 3 aliphatic rings.